The van der Waals surface area contributed by atoms with Crippen LogP contribution in [0.25, 0.3) is 0 Å². The molecule has 0 spiro atoms. The van der Waals surface area contributed by atoms with E-state index in [-0.39, 0.29) is 18.1 Å². The molecule has 1 fully saturated rings. The minimum Gasteiger partial charge on any atom is -0.480 e. The minimum absolute atomic E-state index is 0.149. The summed E-state index contributed by atoms with van der Waals surface area (Å²) in [4.78, 5) is 20.7. The summed E-state index contributed by atoms with van der Waals surface area (Å²) in [5.41, 5.74) is 0.376. The summed E-state index contributed by atoms with van der Waals surface area (Å²) in [6.45, 7) is 0.574. The molecule has 0 radical (unpaired) electrons. The predicted octanol–water partition coefficient (Wildman–Crippen LogP) is 1.74. The Hall–Kier alpha value is -2.12. The average molecular weight is 337 g/mol. The van der Waals surface area contributed by atoms with Gasteiger partial charge < -0.3 is 19.4 Å². The van der Waals surface area contributed by atoms with Crippen LogP contribution in [0.4, 0.5) is 0 Å². The number of ether oxygens (including phenoxy) is 2. The summed E-state index contributed by atoms with van der Waals surface area (Å²) in [6, 6.07) is 1.39. The number of aryl methyl sites for hydroxylation is 1. The number of hydrogen-bond acceptors (Lipinski definition) is 5. The highest BCUT2D eigenvalue weighted by Gasteiger charge is 2.33. The van der Waals surface area contributed by atoms with E-state index in [2.05, 4.69) is 15.3 Å². The maximum atomic E-state index is 12.4. The molecule has 1 saturated heterocycles. The zero-order valence-electron chi connectivity index (χ0n) is 12.8. The molecule has 0 saturated carbocycles. The van der Waals surface area contributed by atoms with E-state index in [4.69, 9.17) is 21.1 Å². The zero-order valence-corrected chi connectivity index (χ0v) is 13.6. The number of hydrogen-bond donors (Lipinski definition) is 1. The topological polar surface area (TPSA) is 78.3 Å². The highest BCUT2D eigenvalue weighted by molar-refractivity contribution is 6.32. The second-order valence-electron chi connectivity index (χ2n) is 5.27. The first-order chi connectivity index (χ1) is 11.1. The van der Waals surface area contributed by atoms with E-state index in [1.165, 1.54) is 19.4 Å². The molecule has 0 bridgehead atoms. The van der Waals surface area contributed by atoms with Crippen molar-refractivity contribution in [1.29, 1.82) is 0 Å². The van der Waals surface area contributed by atoms with Gasteiger partial charge in [-0.15, -0.1) is 0 Å². The fourth-order valence-electron chi connectivity index (χ4n) is 2.59. The first-order valence-electron chi connectivity index (χ1n) is 7.19. The Labute approximate surface area is 138 Å². The highest BCUT2D eigenvalue weighted by Crippen LogP contribution is 2.28. The largest absolute Gasteiger partial charge is 0.480 e. The average Bonchev–Trinajstić information content (AvgIpc) is 3.15. The number of imidazole rings is 1. The fourth-order valence-corrected chi connectivity index (χ4v) is 2.84. The van der Waals surface area contributed by atoms with Crippen LogP contribution in [0.1, 0.15) is 28.7 Å². The molecule has 2 aromatic rings. The third-order valence-corrected chi connectivity index (χ3v) is 4.05. The Morgan fingerprint density at radius 3 is 3.00 bits per heavy atom. The van der Waals surface area contributed by atoms with Crippen molar-refractivity contribution in [1.82, 2.24) is 19.9 Å². The van der Waals surface area contributed by atoms with E-state index in [1.807, 2.05) is 17.8 Å². The molecule has 122 valence electrons. The van der Waals surface area contributed by atoms with Crippen molar-refractivity contribution in [3.63, 3.8) is 0 Å². The first kappa shape index (κ1) is 15.8. The van der Waals surface area contributed by atoms with E-state index < -0.39 is 0 Å². The molecular formula is C15H17ClN4O3. The number of halogens is 1. The van der Waals surface area contributed by atoms with E-state index in [0.717, 1.165) is 12.2 Å². The summed E-state index contributed by atoms with van der Waals surface area (Å²) in [6.07, 6.45) is 5.46. The van der Waals surface area contributed by atoms with E-state index in [1.54, 1.807) is 6.20 Å². The number of methoxy groups -OCH3 is 1. The maximum Gasteiger partial charge on any atom is 0.253 e. The smallest absolute Gasteiger partial charge is 0.253 e. The number of aromatic nitrogens is 3. The number of pyridine rings is 1. The fraction of sp³-hybridized carbons (Fsp3) is 0.400. The lowest BCUT2D eigenvalue weighted by Gasteiger charge is -2.19. The molecule has 1 amide bonds. The second-order valence-corrected chi connectivity index (χ2v) is 5.68. The quantitative estimate of drug-likeness (QED) is 0.920. The number of rotatable bonds is 4. The van der Waals surface area contributed by atoms with Crippen LogP contribution in [0.15, 0.2) is 24.7 Å². The van der Waals surface area contributed by atoms with Crippen LogP contribution in [0.5, 0.6) is 5.88 Å². The van der Waals surface area contributed by atoms with Crippen LogP contribution in [0, 0.1) is 0 Å². The van der Waals surface area contributed by atoms with Crippen molar-refractivity contribution in [3.8, 4) is 5.88 Å². The van der Waals surface area contributed by atoms with Crippen molar-refractivity contribution in [2.24, 2.45) is 7.05 Å². The standard InChI is InChI=1S/C15H17ClN4O3/c1-20-5-4-17-13(20)12-11(3-6-23-12)19-14(21)9-7-10(16)15(22-2)18-8-9/h4-5,7-8,11-12H,3,6H2,1-2H3,(H,19,21)/t11-,12-/m0/s1. The van der Waals surface area contributed by atoms with Gasteiger partial charge in [-0.1, -0.05) is 11.6 Å². The number of carbonyl (C=O) groups excluding carboxylic acids is 1. The first-order valence-corrected chi connectivity index (χ1v) is 7.57. The Kier molecular flexibility index (Phi) is 4.49. The summed E-state index contributed by atoms with van der Waals surface area (Å²) in [7, 11) is 3.37. The monoisotopic (exact) mass is 336 g/mol. The number of amides is 1. The molecule has 0 aromatic carbocycles. The second kappa shape index (κ2) is 6.55. The van der Waals surface area contributed by atoms with Crippen molar-refractivity contribution >= 4 is 17.5 Å². The molecule has 0 unspecified atom stereocenters. The van der Waals surface area contributed by atoms with Crippen LogP contribution in [0.3, 0.4) is 0 Å². The maximum absolute atomic E-state index is 12.4. The van der Waals surface area contributed by atoms with E-state index >= 15 is 0 Å². The van der Waals surface area contributed by atoms with Crippen LogP contribution >= 0.6 is 11.6 Å². The van der Waals surface area contributed by atoms with Gasteiger partial charge in [0, 0.05) is 32.2 Å². The molecule has 2 atom stereocenters. The van der Waals surface area contributed by atoms with Gasteiger partial charge in [0.05, 0.1) is 18.7 Å². The Bertz CT molecular complexity index is 718. The third-order valence-electron chi connectivity index (χ3n) is 3.78. The minimum atomic E-state index is -0.263. The number of carbonyl (C=O) groups is 1. The summed E-state index contributed by atoms with van der Waals surface area (Å²) in [5.74, 6) is 0.828. The van der Waals surface area contributed by atoms with Gasteiger partial charge in [0.2, 0.25) is 5.88 Å². The summed E-state index contributed by atoms with van der Waals surface area (Å²) in [5, 5.41) is 3.26. The molecule has 1 aliphatic heterocycles. The lowest BCUT2D eigenvalue weighted by atomic mass is 10.1. The molecule has 8 heteroatoms. The highest BCUT2D eigenvalue weighted by atomic mass is 35.5. The van der Waals surface area contributed by atoms with Crippen molar-refractivity contribution < 1.29 is 14.3 Å². The lowest BCUT2D eigenvalue weighted by molar-refractivity contribution is 0.0779. The Balaban J connectivity index is 1.74. The van der Waals surface area contributed by atoms with Gasteiger partial charge in [0.1, 0.15) is 17.0 Å². The van der Waals surface area contributed by atoms with Gasteiger partial charge in [0.15, 0.2) is 0 Å². The Morgan fingerprint density at radius 2 is 2.35 bits per heavy atom. The van der Waals surface area contributed by atoms with Crippen molar-refractivity contribution in [3.05, 3.63) is 41.1 Å². The van der Waals surface area contributed by atoms with E-state index in [9.17, 15) is 4.79 Å². The van der Waals surface area contributed by atoms with Crippen LogP contribution < -0.4 is 10.1 Å². The van der Waals surface area contributed by atoms with Crippen LogP contribution in [-0.2, 0) is 11.8 Å². The molecule has 23 heavy (non-hydrogen) atoms. The van der Waals surface area contributed by atoms with Gasteiger partial charge in [-0.05, 0) is 12.5 Å². The van der Waals surface area contributed by atoms with Gasteiger partial charge in [0.25, 0.3) is 5.91 Å². The molecule has 2 aromatic heterocycles. The molecule has 0 aliphatic carbocycles. The third kappa shape index (κ3) is 3.16. The molecule has 1 N–H and O–H groups in total. The Morgan fingerprint density at radius 1 is 1.52 bits per heavy atom. The summed E-state index contributed by atoms with van der Waals surface area (Å²) < 4.78 is 12.6. The molecule has 1 aliphatic rings. The molecule has 3 rings (SSSR count). The van der Waals surface area contributed by atoms with Crippen LogP contribution in [0.2, 0.25) is 5.02 Å². The van der Waals surface area contributed by atoms with Crippen molar-refractivity contribution in [2.75, 3.05) is 13.7 Å². The molecular weight excluding hydrogens is 320 g/mol. The van der Waals surface area contributed by atoms with Gasteiger partial charge in [-0.25, -0.2) is 9.97 Å². The zero-order chi connectivity index (χ0) is 16.4. The lowest BCUT2D eigenvalue weighted by Crippen LogP contribution is -2.37. The number of nitrogens with zero attached hydrogens (tertiary/aromatic N) is 3. The predicted molar refractivity (Wildman–Crippen MR) is 83.6 cm³/mol. The SMILES string of the molecule is COc1ncc(C(=O)N[C@H]2CCO[C@@H]2c2nccn2C)cc1Cl. The van der Waals surface area contributed by atoms with Gasteiger partial charge >= 0.3 is 0 Å². The van der Waals surface area contributed by atoms with Crippen molar-refractivity contribution in [2.45, 2.75) is 18.6 Å². The molecule has 7 nitrogen and oxygen atoms in total. The normalized spacial score (nSPS) is 20.5. The van der Waals surface area contributed by atoms with Gasteiger partial charge in [-0.3, -0.25) is 4.79 Å². The number of nitrogens with one attached hydrogen (secondary N) is 1. The van der Waals surface area contributed by atoms with E-state index in [0.29, 0.717) is 23.1 Å². The molecule has 3 heterocycles. The summed E-state index contributed by atoms with van der Waals surface area (Å²) >= 11 is 6.02. The van der Waals surface area contributed by atoms with Crippen LogP contribution in [-0.4, -0.2) is 40.2 Å². The van der Waals surface area contributed by atoms with Gasteiger partial charge in [-0.2, -0.15) is 0 Å².